The molecular formula is C34H46BrN3O7. The summed E-state index contributed by atoms with van der Waals surface area (Å²) in [5, 5.41) is 13.3. The predicted molar refractivity (Wildman–Crippen MR) is 175 cm³/mol. The Morgan fingerprint density at radius 3 is 2.47 bits per heavy atom. The molecule has 2 bridgehead atoms. The van der Waals surface area contributed by atoms with E-state index >= 15 is 0 Å². The van der Waals surface area contributed by atoms with Gasteiger partial charge in [-0.15, -0.1) is 13.2 Å². The van der Waals surface area contributed by atoms with Gasteiger partial charge in [0.1, 0.15) is 17.7 Å². The number of amides is 3. The second-order valence-corrected chi connectivity index (χ2v) is 13.9. The topological polar surface area (TPSA) is 125 Å². The van der Waals surface area contributed by atoms with Gasteiger partial charge in [0, 0.05) is 23.5 Å². The van der Waals surface area contributed by atoms with Crippen LogP contribution in [0.2, 0.25) is 0 Å². The van der Waals surface area contributed by atoms with Crippen molar-refractivity contribution in [2.75, 3.05) is 24.6 Å². The van der Waals surface area contributed by atoms with Gasteiger partial charge in [-0.1, -0.05) is 60.1 Å². The van der Waals surface area contributed by atoms with Crippen LogP contribution in [0, 0.1) is 31.6 Å². The van der Waals surface area contributed by atoms with Crippen molar-refractivity contribution < 1.29 is 33.8 Å². The van der Waals surface area contributed by atoms with E-state index in [0.29, 0.717) is 12.8 Å². The number of fused-ring (bicyclic) bond motifs is 1. The van der Waals surface area contributed by atoms with Crippen LogP contribution in [0.25, 0.3) is 0 Å². The minimum absolute atomic E-state index is 0.112. The number of nitrogens with one attached hydrogen (secondary N) is 1. The third kappa shape index (κ3) is 6.36. The van der Waals surface area contributed by atoms with E-state index in [9.17, 15) is 24.3 Å². The molecule has 0 aromatic heterocycles. The number of benzene rings is 1. The zero-order chi connectivity index (χ0) is 33.2. The zero-order valence-corrected chi connectivity index (χ0v) is 28.4. The van der Waals surface area contributed by atoms with Crippen molar-refractivity contribution in [3.05, 3.63) is 54.6 Å². The van der Waals surface area contributed by atoms with Crippen LogP contribution in [0.3, 0.4) is 0 Å². The van der Waals surface area contributed by atoms with Crippen molar-refractivity contribution in [3.8, 4) is 0 Å². The molecule has 3 fully saturated rings. The Morgan fingerprint density at radius 2 is 1.89 bits per heavy atom. The highest BCUT2D eigenvalue weighted by Gasteiger charge is 2.77. The lowest BCUT2D eigenvalue weighted by molar-refractivity contribution is -0.159. The summed E-state index contributed by atoms with van der Waals surface area (Å²) in [5.41, 5.74) is 1.18. The third-order valence-corrected chi connectivity index (χ3v) is 10.2. The molecule has 10 nitrogen and oxygen atoms in total. The van der Waals surface area contributed by atoms with E-state index < -0.39 is 53.6 Å². The maximum Gasteiger partial charge on any atom is 0.312 e. The Balaban J connectivity index is 1.72. The fraction of sp³-hybridized carbons (Fsp3) is 0.588. The highest BCUT2D eigenvalue weighted by Crippen LogP contribution is 2.61. The molecule has 1 aromatic carbocycles. The number of aryl methyl sites for hydroxylation is 2. The zero-order valence-electron chi connectivity index (χ0n) is 26.8. The van der Waals surface area contributed by atoms with Crippen molar-refractivity contribution in [3.63, 3.8) is 0 Å². The number of hydrogen-bond acceptors (Lipinski definition) is 7. The van der Waals surface area contributed by atoms with Gasteiger partial charge in [-0.25, -0.2) is 0 Å². The molecule has 1 unspecified atom stereocenters. The van der Waals surface area contributed by atoms with Crippen LogP contribution < -0.4 is 10.2 Å². The van der Waals surface area contributed by atoms with Crippen LogP contribution in [0.15, 0.2) is 43.5 Å². The molecule has 3 aliphatic rings. The Labute approximate surface area is 274 Å². The van der Waals surface area contributed by atoms with Crippen LogP contribution in [0.1, 0.15) is 51.2 Å². The van der Waals surface area contributed by atoms with Crippen molar-refractivity contribution in [2.45, 2.75) is 88.6 Å². The monoisotopic (exact) mass is 687 g/mol. The van der Waals surface area contributed by atoms with E-state index in [1.807, 2.05) is 45.9 Å². The molecule has 8 atom stereocenters. The Hall–Kier alpha value is -3.02. The summed E-state index contributed by atoms with van der Waals surface area (Å²) in [6.07, 6.45) is 3.09. The second kappa shape index (κ2) is 14.2. The van der Waals surface area contributed by atoms with E-state index in [1.165, 1.54) is 4.90 Å². The molecule has 1 spiro atoms. The molecule has 3 saturated heterocycles. The van der Waals surface area contributed by atoms with Crippen molar-refractivity contribution in [2.24, 2.45) is 17.8 Å². The molecule has 3 amide bonds. The summed E-state index contributed by atoms with van der Waals surface area (Å²) in [5.74, 6) is -3.71. The van der Waals surface area contributed by atoms with E-state index in [0.717, 1.165) is 16.8 Å². The molecule has 3 aliphatic heterocycles. The third-order valence-electron chi connectivity index (χ3n) is 9.31. The standard InChI is InChI=1S/C34H46BrN3O7/c1-8-10-14-25(40)36-17-22(7)44-33(43)26-27-31(41)38(24(18-39)19(3)4)30(34(27)16-23(35)29(26)45-34)32(42)37(15-9-2)28-20(5)12-11-13-21(28)6/h8-9,11-13,19,22-24,26-27,29-30,39H,1-2,10,14-18H2,3-7H3,(H,36,40)/t22-,23?,24-,26+,27-,29+,30+,34-/m0/s1. The number of allylic oxidation sites excluding steroid dienone is 1. The maximum atomic E-state index is 14.9. The molecule has 11 heteroatoms. The summed E-state index contributed by atoms with van der Waals surface area (Å²) in [6.45, 7) is 16.8. The number of para-hydroxylation sites is 1. The van der Waals surface area contributed by atoms with E-state index in [4.69, 9.17) is 9.47 Å². The largest absolute Gasteiger partial charge is 0.460 e. The number of alkyl halides is 1. The number of anilines is 1. The number of hydrogen-bond donors (Lipinski definition) is 2. The van der Waals surface area contributed by atoms with Crippen molar-refractivity contribution >= 4 is 45.3 Å². The van der Waals surface area contributed by atoms with E-state index in [2.05, 4.69) is 34.4 Å². The van der Waals surface area contributed by atoms with Crippen LogP contribution >= 0.6 is 15.9 Å². The van der Waals surface area contributed by atoms with Crippen molar-refractivity contribution in [1.82, 2.24) is 10.2 Å². The SMILES string of the molecule is C=CCCC(=O)NC[C@H](C)OC(=O)[C@H]1[C@@H]2O[C@@]3(CC2Br)[C@@H]1C(=O)N([C@@H](CO)C(C)C)[C@@H]3C(=O)N(CC=C)c1c(C)cccc1C. The second-order valence-electron chi connectivity index (χ2n) is 12.8. The molecule has 0 aliphatic carbocycles. The van der Waals surface area contributed by atoms with Crippen LogP contribution in [-0.2, 0) is 28.7 Å². The Morgan fingerprint density at radius 1 is 1.22 bits per heavy atom. The number of esters is 1. The average molecular weight is 689 g/mol. The lowest BCUT2D eigenvalue weighted by Crippen LogP contribution is -2.60. The number of aliphatic hydroxyl groups is 1. The van der Waals surface area contributed by atoms with Gasteiger partial charge in [0.25, 0.3) is 5.91 Å². The first kappa shape index (κ1) is 34.8. The first-order valence-electron chi connectivity index (χ1n) is 15.7. The summed E-state index contributed by atoms with van der Waals surface area (Å²) >= 11 is 3.69. The number of carbonyl (C=O) groups excluding carboxylic acids is 4. The highest BCUT2D eigenvalue weighted by atomic mass is 79.9. The number of likely N-dealkylation sites (tertiary alicyclic amines) is 1. The number of carbonyl (C=O) groups is 4. The predicted octanol–water partition coefficient (Wildman–Crippen LogP) is 3.60. The van der Waals surface area contributed by atoms with E-state index in [-0.39, 0.29) is 48.7 Å². The molecule has 45 heavy (non-hydrogen) atoms. The van der Waals surface area contributed by atoms with Gasteiger partial charge in [-0.2, -0.15) is 0 Å². The summed E-state index contributed by atoms with van der Waals surface area (Å²) in [4.78, 5) is 58.1. The van der Waals surface area contributed by atoms with Crippen LogP contribution in [0.5, 0.6) is 0 Å². The lowest BCUT2D eigenvalue weighted by atomic mass is 9.70. The molecule has 246 valence electrons. The normalized spacial score (nSPS) is 28.0. The fourth-order valence-corrected chi connectivity index (χ4v) is 8.23. The first-order chi connectivity index (χ1) is 21.3. The smallest absolute Gasteiger partial charge is 0.312 e. The number of aliphatic hydroxyl groups excluding tert-OH is 1. The van der Waals surface area contributed by atoms with Crippen LogP contribution in [0.4, 0.5) is 5.69 Å². The van der Waals surface area contributed by atoms with Crippen molar-refractivity contribution in [1.29, 1.82) is 0 Å². The van der Waals surface area contributed by atoms with Gasteiger partial charge in [0.05, 0.1) is 37.1 Å². The molecular weight excluding hydrogens is 642 g/mol. The number of rotatable bonds is 14. The highest BCUT2D eigenvalue weighted by molar-refractivity contribution is 9.09. The van der Waals surface area contributed by atoms with Gasteiger partial charge < -0.3 is 29.7 Å². The summed E-state index contributed by atoms with van der Waals surface area (Å²) in [6, 6.07) is 3.99. The molecule has 2 N–H and O–H groups in total. The Kier molecular flexibility index (Phi) is 11.0. The maximum absolute atomic E-state index is 14.9. The van der Waals surface area contributed by atoms with Gasteiger partial charge in [-0.3, -0.25) is 19.2 Å². The lowest BCUT2D eigenvalue weighted by Gasteiger charge is -2.41. The molecule has 4 rings (SSSR count). The van der Waals surface area contributed by atoms with Gasteiger partial charge in [0.2, 0.25) is 11.8 Å². The molecule has 0 saturated carbocycles. The molecule has 3 heterocycles. The quantitative estimate of drug-likeness (QED) is 0.174. The van der Waals surface area contributed by atoms with Gasteiger partial charge in [0.15, 0.2) is 0 Å². The summed E-state index contributed by atoms with van der Waals surface area (Å²) < 4.78 is 12.4. The minimum Gasteiger partial charge on any atom is -0.460 e. The number of halogens is 1. The number of nitrogens with zero attached hydrogens (tertiary/aromatic N) is 2. The molecule has 0 radical (unpaired) electrons. The summed E-state index contributed by atoms with van der Waals surface area (Å²) in [7, 11) is 0. The fourth-order valence-electron chi connectivity index (χ4n) is 7.29. The van der Waals surface area contributed by atoms with Gasteiger partial charge >= 0.3 is 5.97 Å². The molecule has 1 aromatic rings. The van der Waals surface area contributed by atoms with E-state index in [1.54, 1.807) is 24.0 Å². The van der Waals surface area contributed by atoms with Gasteiger partial charge in [-0.05, 0) is 50.7 Å². The minimum atomic E-state index is -1.32. The first-order valence-corrected chi connectivity index (χ1v) is 16.6. The average Bonchev–Trinajstić information content (AvgIpc) is 3.57. The Bertz CT molecular complexity index is 1310. The van der Waals surface area contributed by atoms with Crippen LogP contribution in [-0.4, -0.2) is 88.1 Å². The number of ether oxygens (including phenoxy) is 2.